The van der Waals surface area contributed by atoms with Gasteiger partial charge in [0.05, 0.1) is 6.04 Å². The summed E-state index contributed by atoms with van der Waals surface area (Å²) in [5.41, 5.74) is 0. The van der Waals surface area contributed by atoms with E-state index in [1.165, 1.54) is 25.7 Å². The molecule has 0 spiro atoms. The first kappa shape index (κ1) is 13.5. The van der Waals surface area contributed by atoms with E-state index in [9.17, 15) is 4.79 Å². The maximum Gasteiger partial charge on any atom is 0.237 e. The molecule has 0 aromatic rings. The van der Waals surface area contributed by atoms with Gasteiger partial charge in [-0.2, -0.15) is 0 Å². The van der Waals surface area contributed by atoms with Gasteiger partial charge in [0.1, 0.15) is 0 Å². The van der Waals surface area contributed by atoms with Crippen molar-refractivity contribution in [1.29, 1.82) is 0 Å². The molecule has 3 nitrogen and oxygen atoms in total. The van der Waals surface area contributed by atoms with Crippen molar-refractivity contribution < 1.29 is 4.79 Å². The predicted octanol–water partition coefficient (Wildman–Crippen LogP) is 2.17. The van der Waals surface area contributed by atoms with Crippen molar-refractivity contribution in [2.45, 2.75) is 65.0 Å². The summed E-state index contributed by atoms with van der Waals surface area (Å²) in [6.07, 6.45) is 6.10. The zero-order valence-electron chi connectivity index (χ0n) is 11.0. The quantitative estimate of drug-likeness (QED) is 0.797. The van der Waals surface area contributed by atoms with E-state index < -0.39 is 0 Å². The summed E-state index contributed by atoms with van der Waals surface area (Å²) < 4.78 is 0. The highest BCUT2D eigenvalue weighted by atomic mass is 16.2. The van der Waals surface area contributed by atoms with E-state index in [1.807, 2.05) is 6.92 Å². The van der Waals surface area contributed by atoms with Crippen molar-refractivity contribution in [3.05, 3.63) is 0 Å². The zero-order chi connectivity index (χ0) is 12.0. The summed E-state index contributed by atoms with van der Waals surface area (Å²) in [5, 5.41) is 3.07. The molecule has 3 heteroatoms. The van der Waals surface area contributed by atoms with Crippen molar-refractivity contribution >= 4 is 5.91 Å². The van der Waals surface area contributed by atoms with Gasteiger partial charge in [-0.05, 0) is 46.2 Å². The number of amides is 1. The van der Waals surface area contributed by atoms with E-state index in [0.717, 1.165) is 19.5 Å². The molecule has 1 amide bonds. The summed E-state index contributed by atoms with van der Waals surface area (Å²) in [5.74, 6) is 0.191. The first-order valence-electron chi connectivity index (χ1n) is 6.69. The van der Waals surface area contributed by atoms with Gasteiger partial charge in [-0.25, -0.2) is 0 Å². The van der Waals surface area contributed by atoms with Crippen molar-refractivity contribution in [3.8, 4) is 0 Å². The van der Waals surface area contributed by atoms with Crippen LogP contribution in [0.25, 0.3) is 0 Å². The standard InChI is InChI=1S/C13H26N2O/c1-4-11(2)14-13(16)12(3)15-9-7-5-6-8-10-15/h11-12H,4-10H2,1-3H3,(H,14,16). The second-order valence-corrected chi connectivity index (χ2v) is 4.94. The molecule has 94 valence electrons. The van der Waals surface area contributed by atoms with Crippen LogP contribution in [0.4, 0.5) is 0 Å². The van der Waals surface area contributed by atoms with Crippen molar-refractivity contribution in [3.63, 3.8) is 0 Å². The largest absolute Gasteiger partial charge is 0.352 e. The van der Waals surface area contributed by atoms with Gasteiger partial charge in [-0.1, -0.05) is 19.8 Å². The second-order valence-electron chi connectivity index (χ2n) is 4.94. The normalized spacial score (nSPS) is 22.2. The molecule has 1 saturated heterocycles. The Labute approximate surface area is 99.6 Å². The number of nitrogens with one attached hydrogen (secondary N) is 1. The average Bonchev–Trinajstić information content (AvgIpc) is 2.56. The first-order valence-corrected chi connectivity index (χ1v) is 6.69. The molecule has 0 aliphatic carbocycles. The Morgan fingerprint density at radius 3 is 2.25 bits per heavy atom. The van der Waals surface area contributed by atoms with Crippen LogP contribution in [0.1, 0.15) is 52.9 Å². The van der Waals surface area contributed by atoms with Gasteiger partial charge in [0.2, 0.25) is 5.91 Å². The molecule has 0 saturated carbocycles. The van der Waals surface area contributed by atoms with Gasteiger partial charge in [0.15, 0.2) is 0 Å². The first-order chi connectivity index (χ1) is 7.65. The van der Waals surface area contributed by atoms with Crippen molar-refractivity contribution in [2.24, 2.45) is 0 Å². The van der Waals surface area contributed by atoms with Gasteiger partial charge >= 0.3 is 0 Å². The summed E-state index contributed by atoms with van der Waals surface area (Å²) in [7, 11) is 0. The summed E-state index contributed by atoms with van der Waals surface area (Å²) >= 11 is 0. The molecule has 0 bridgehead atoms. The predicted molar refractivity (Wildman–Crippen MR) is 67.4 cm³/mol. The minimum absolute atomic E-state index is 0.0344. The van der Waals surface area contributed by atoms with Crippen LogP contribution < -0.4 is 5.32 Å². The monoisotopic (exact) mass is 226 g/mol. The van der Waals surface area contributed by atoms with Gasteiger partial charge in [-0.3, -0.25) is 9.69 Å². The van der Waals surface area contributed by atoms with Gasteiger partial charge in [0.25, 0.3) is 0 Å². The Balaban J connectivity index is 2.41. The van der Waals surface area contributed by atoms with Crippen LogP contribution in [0.15, 0.2) is 0 Å². The number of likely N-dealkylation sites (tertiary alicyclic amines) is 1. The minimum atomic E-state index is 0.0344. The zero-order valence-corrected chi connectivity index (χ0v) is 11.0. The Hall–Kier alpha value is -0.570. The highest BCUT2D eigenvalue weighted by Crippen LogP contribution is 2.12. The number of nitrogens with zero attached hydrogens (tertiary/aromatic N) is 1. The van der Waals surface area contributed by atoms with E-state index in [1.54, 1.807) is 0 Å². The minimum Gasteiger partial charge on any atom is -0.352 e. The Morgan fingerprint density at radius 1 is 1.19 bits per heavy atom. The van der Waals surface area contributed by atoms with Crippen molar-refractivity contribution in [2.75, 3.05) is 13.1 Å². The Morgan fingerprint density at radius 2 is 1.75 bits per heavy atom. The Bertz CT molecular complexity index is 210. The Kier molecular flexibility index (Phi) is 5.81. The molecule has 0 aromatic carbocycles. The molecular formula is C13H26N2O. The lowest BCUT2D eigenvalue weighted by molar-refractivity contribution is -0.126. The van der Waals surface area contributed by atoms with Crippen LogP contribution in [0.2, 0.25) is 0 Å². The molecule has 0 radical (unpaired) electrons. The smallest absolute Gasteiger partial charge is 0.237 e. The fourth-order valence-corrected chi connectivity index (χ4v) is 2.11. The number of hydrogen-bond donors (Lipinski definition) is 1. The molecule has 16 heavy (non-hydrogen) atoms. The maximum atomic E-state index is 12.0. The molecule has 1 rings (SSSR count). The van der Waals surface area contributed by atoms with Crippen molar-refractivity contribution in [1.82, 2.24) is 10.2 Å². The van der Waals surface area contributed by atoms with E-state index in [0.29, 0.717) is 6.04 Å². The van der Waals surface area contributed by atoms with E-state index in [-0.39, 0.29) is 11.9 Å². The third-order valence-corrected chi connectivity index (χ3v) is 3.57. The van der Waals surface area contributed by atoms with Crippen LogP contribution in [-0.2, 0) is 4.79 Å². The van der Waals surface area contributed by atoms with Gasteiger partial charge in [-0.15, -0.1) is 0 Å². The lowest BCUT2D eigenvalue weighted by atomic mass is 10.2. The van der Waals surface area contributed by atoms with Crippen LogP contribution in [0.3, 0.4) is 0 Å². The lowest BCUT2D eigenvalue weighted by Crippen LogP contribution is -2.47. The van der Waals surface area contributed by atoms with Gasteiger partial charge < -0.3 is 5.32 Å². The highest BCUT2D eigenvalue weighted by molar-refractivity contribution is 5.81. The summed E-state index contributed by atoms with van der Waals surface area (Å²) in [4.78, 5) is 14.3. The van der Waals surface area contributed by atoms with Gasteiger partial charge in [0, 0.05) is 6.04 Å². The van der Waals surface area contributed by atoms with E-state index >= 15 is 0 Å². The molecule has 2 atom stereocenters. The fourth-order valence-electron chi connectivity index (χ4n) is 2.11. The summed E-state index contributed by atoms with van der Waals surface area (Å²) in [6, 6.07) is 0.328. The SMILES string of the molecule is CCC(C)NC(=O)C(C)N1CCCCCC1. The molecule has 2 unspecified atom stereocenters. The van der Waals surface area contributed by atoms with E-state index in [4.69, 9.17) is 0 Å². The molecule has 1 heterocycles. The fraction of sp³-hybridized carbons (Fsp3) is 0.923. The third kappa shape index (κ3) is 4.12. The summed E-state index contributed by atoms with van der Waals surface area (Å²) in [6.45, 7) is 8.35. The van der Waals surface area contributed by atoms with Crippen LogP contribution >= 0.6 is 0 Å². The van der Waals surface area contributed by atoms with Crippen LogP contribution in [0, 0.1) is 0 Å². The number of rotatable bonds is 4. The highest BCUT2D eigenvalue weighted by Gasteiger charge is 2.22. The number of hydrogen-bond acceptors (Lipinski definition) is 2. The maximum absolute atomic E-state index is 12.0. The number of carbonyl (C=O) groups is 1. The number of carbonyl (C=O) groups excluding carboxylic acids is 1. The topological polar surface area (TPSA) is 32.3 Å². The third-order valence-electron chi connectivity index (χ3n) is 3.57. The molecule has 1 aliphatic rings. The molecule has 0 aromatic heterocycles. The van der Waals surface area contributed by atoms with Crippen LogP contribution in [0.5, 0.6) is 0 Å². The average molecular weight is 226 g/mol. The van der Waals surface area contributed by atoms with E-state index in [2.05, 4.69) is 24.1 Å². The van der Waals surface area contributed by atoms with Crippen LogP contribution in [-0.4, -0.2) is 36.0 Å². The lowest BCUT2D eigenvalue weighted by Gasteiger charge is -2.27. The molecule has 1 aliphatic heterocycles. The second kappa shape index (κ2) is 6.89. The molecule has 1 N–H and O–H groups in total. The molecule has 1 fully saturated rings. The molecular weight excluding hydrogens is 200 g/mol.